The van der Waals surface area contributed by atoms with E-state index in [9.17, 15) is 4.79 Å². The van der Waals surface area contributed by atoms with Crippen molar-refractivity contribution in [3.8, 4) is 5.75 Å². The second-order valence-corrected chi connectivity index (χ2v) is 4.72. The standard InChI is InChI=1S/C17H20N2O2/c1-13-8-9-16(18-2)15(12-13)17(20)19-10-11-21-14-6-4-3-5-7-14/h3-9,12,18H,10-11H2,1-2H3,(H,19,20). The Hall–Kier alpha value is -2.49. The van der Waals surface area contributed by atoms with Gasteiger partial charge in [-0.15, -0.1) is 0 Å². The first-order chi connectivity index (χ1) is 10.2. The smallest absolute Gasteiger partial charge is 0.253 e. The van der Waals surface area contributed by atoms with Crippen LogP contribution in [0.4, 0.5) is 5.69 Å². The highest BCUT2D eigenvalue weighted by Gasteiger charge is 2.10. The molecule has 2 rings (SSSR count). The Labute approximate surface area is 125 Å². The van der Waals surface area contributed by atoms with E-state index in [0.29, 0.717) is 18.7 Å². The fourth-order valence-corrected chi connectivity index (χ4v) is 2.01. The van der Waals surface area contributed by atoms with Gasteiger partial charge in [0.25, 0.3) is 5.91 Å². The van der Waals surface area contributed by atoms with E-state index in [1.165, 1.54) is 0 Å². The first-order valence-corrected chi connectivity index (χ1v) is 6.95. The molecule has 0 unspecified atom stereocenters. The predicted molar refractivity (Wildman–Crippen MR) is 85.0 cm³/mol. The maximum atomic E-state index is 12.2. The zero-order chi connectivity index (χ0) is 15.1. The summed E-state index contributed by atoms with van der Waals surface area (Å²) >= 11 is 0. The number of amides is 1. The normalized spacial score (nSPS) is 10.0. The van der Waals surface area contributed by atoms with Crippen LogP contribution in [0.2, 0.25) is 0 Å². The number of carbonyl (C=O) groups is 1. The third-order valence-corrected chi connectivity index (χ3v) is 3.09. The second kappa shape index (κ2) is 7.33. The van der Waals surface area contributed by atoms with E-state index < -0.39 is 0 Å². The van der Waals surface area contributed by atoms with Crippen LogP contribution in [0, 0.1) is 6.92 Å². The van der Waals surface area contributed by atoms with Crippen molar-refractivity contribution in [1.29, 1.82) is 0 Å². The molecule has 0 heterocycles. The first kappa shape index (κ1) is 14.9. The van der Waals surface area contributed by atoms with Crippen molar-refractivity contribution in [3.63, 3.8) is 0 Å². The van der Waals surface area contributed by atoms with Crippen molar-refractivity contribution in [2.24, 2.45) is 0 Å². The molecule has 2 N–H and O–H groups in total. The summed E-state index contributed by atoms with van der Waals surface area (Å²) < 4.78 is 5.54. The Balaban J connectivity index is 1.86. The number of aryl methyl sites for hydroxylation is 1. The molecule has 0 atom stereocenters. The van der Waals surface area contributed by atoms with Crippen molar-refractivity contribution in [2.45, 2.75) is 6.92 Å². The summed E-state index contributed by atoms with van der Waals surface area (Å²) in [7, 11) is 1.81. The lowest BCUT2D eigenvalue weighted by Crippen LogP contribution is -2.28. The van der Waals surface area contributed by atoms with E-state index in [-0.39, 0.29) is 5.91 Å². The number of anilines is 1. The highest BCUT2D eigenvalue weighted by molar-refractivity contribution is 5.99. The van der Waals surface area contributed by atoms with Gasteiger partial charge in [-0.25, -0.2) is 0 Å². The molecule has 4 nitrogen and oxygen atoms in total. The molecule has 0 saturated heterocycles. The number of rotatable bonds is 6. The third-order valence-electron chi connectivity index (χ3n) is 3.09. The molecule has 0 fully saturated rings. The molecule has 0 bridgehead atoms. The van der Waals surface area contributed by atoms with Crippen LogP contribution in [-0.2, 0) is 0 Å². The van der Waals surface area contributed by atoms with Crippen molar-refractivity contribution < 1.29 is 9.53 Å². The maximum absolute atomic E-state index is 12.2. The SMILES string of the molecule is CNc1ccc(C)cc1C(=O)NCCOc1ccccc1. The van der Waals surface area contributed by atoms with E-state index in [1.807, 2.05) is 55.5 Å². The van der Waals surface area contributed by atoms with E-state index >= 15 is 0 Å². The van der Waals surface area contributed by atoms with E-state index in [2.05, 4.69) is 10.6 Å². The minimum absolute atomic E-state index is 0.0975. The van der Waals surface area contributed by atoms with E-state index in [0.717, 1.165) is 17.0 Å². The van der Waals surface area contributed by atoms with Gasteiger partial charge >= 0.3 is 0 Å². The minimum Gasteiger partial charge on any atom is -0.492 e. The van der Waals surface area contributed by atoms with Crippen LogP contribution in [0.25, 0.3) is 0 Å². The molecule has 4 heteroatoms. The number of nitrogens with one attached hydrogen (secondary N) is 2. The van der Waals surface area contributed by atoms with Crippen molar-refractivity contribution in [1.82, 2.24) is 5.32 Å². The van der Waals surface area contributed by atoms with E-state index in [1.54, 1.807) is 7.05 Å². The lowest BCUT2D eigenvalue weighted by Gasteiger charge is -2.11. The summed E-state index contributed by atoms with van der Waals surface area (Å²) in [6, 6.07) is 15.3. The summed E-state index contributed by atoms with van der Waals surface area (Å²) in [5.74, 6) is 0.706. The number of benzene rings is 2. The Bertz CT molecular complexity index is 597. The molecule has 2 aromatic carbocycles. The summed E-state index contributed by atoms with van der Waals surface area (Å²) in [6.07, 6.45) is 0. The number of carbonyl (C=O) groups excluding carboxylic acids is 1. The van der Waals surface area contributed by atoms with Crippen molar-refractivity contribution in [2.75, 3.05) is 25.5 Å². The zero-order valence-corrected chi connectivity index (χ0v) is 12.3. The quantitative estimate of drug-likeness (QED) is 0.802. The van der Waals surface area contributed by atoms with Gasteiger partial charge < -0.3 is 15.4 Å². The Morgan fingerprint density at radius 2 is 1.90 bits per heavy atom. The molecule has 0 aliphatic heterocycles. The van der Waals surface area contributed by atoms with E-state index in [4.69, 9.17) is 4.74 Å². The molecule has 2 aromatic rings. The van der Waals surface area contributed by atoms with Crippen LogP contribution in [0.1, 0.15) is 15.9 Å². The summed E-state index contributed by atoms with van der Waals surface area (Å²) in [5.41, 5.74) is 2.53. The second-order valence-electron chi connectivity index (χ2n) is 4.72. The Morgan fingerprint density at radius 3 is 2.62 bits per heavy atom. The van der Waals surface area contributed by atoms with Gasteiger partial charge in [-0.05, 0) is 31.2 Å². The topological polar surface area (TPSA) is 50.4 Å². The number of hydrogen-bond donors (Lipinski definition) is 2. The third kappa shape index (κ3) is 4.24. The van der Waals surface area contributed by atoms with Crippen LogP contribution in [0.5, 0.6) is 5.75 Å². The minimum atomic E-state index is -0.0975. The fraction of sp³-hybridized carbons (Fsp3) is 0.235. The number of ether oxygens (including phenoxy) is 1. The molecular weight excluding hydrogens is 264 g/mol. The highest BCUT2D eigenvalue weighted by atomic mass is 16.5. The van der Waals surface area contributed by atoms with Gasteiger partial charge in [0.1, 0.15) is 12.4 Å². The maximum Gasteiger partial charge on any atom is 0.253 e. The molecule has 0 spiro atoms. The predicted octanol–water partition coefficient (Wildman–Crippen LogP) is 2.85. The van der Waals surface area contributed by atoms with Gasteiger partial charge in [-0.2, -0.15) is 0 Å². The van der Waals surface area contributed by atoms with Gasteiger partial charge in [0, 0.05) is 12.7 Å². The molecular formula is C17H20N2O2. The van der Waals surface area contributed by atoms with Gasteiger partial charge in [-0.1, -0.05) is 29.8 Å². The molecule has 0 aliphatic rings. The van der Waals surface area contributed by atoms with Crippen LogP contribution in [0.15, 0.2) is 48.5 Å². The monoisotopic (exact) mass is 284 g/mol. The lowest BCUT2D eigenvalue weighted by molar-refractivity contribution is 0.0947. The number of para-hydroxylation sites is 1. The van der Waals surface area contributed by atoms with Gasteiger partial charge in [0.05, 0.1) is 12.1 Å². The number of hydrogen-bond acceptors (Lipinski definition) is 3. The molecule has 0 aromatic heterocycles. The zero-order valence-electron chi connectivity index (χ0n) is 12.3. The van der Waals surface area contributed by atoms with Crippen LogP contribution in [-0.4, -0.2) is 26.1 Å². The molecule has 110 valence electrons. The van der Waals surface area contributed by atoms with Gasteiger partial charge in [-0.3, -0.25) is 4.79 Å². The van der Waals surface area contributed by atoms with Gasteiger partial charge in [0.2, 0.25) is 0 Å². The fourth-order valence-electron chi connectivity index (χ4n) is 2.01. The van der Waals surface area contributed by atoms with Crippen molar-refractivity contribution in [3.05, 3.63) is 59.7 Å². The largest absolute Gasteiger partial charge is 0.492 e. The first-order valence-electron chi connectivity index (χ1n) is 6.95. The molecule has 0 saturated carbocycles. The Kier molecular flexibility index (Phi) is 5.21. The summed E-state index contributed by atoms with van der Waals surface area (Å²) in [4.78, 5) is 12.2. The lowest BCUT2D eigenvalue weighted by atomic mass is 10.1. The summed E-state index contributed by atoms with van der Waals surface area (Å²) in [5, 5.41) is 5.90. The highest BCUT2D eigenvalue weighted by Crippen LogP contribution is 2.16. The van der Waals surface area contributed by atoms with Gasteiger partial charge in [0.15, 0.2) is 0 Å². The molecule has 21 heavy (non-hydrogen) atoms. The van der Waals surface area contributed by atoms with Crippen LogP contribution >= 0.6 is 0 Å². The summed E-state index contributed by atoms with van der Waals surface area (Å²) in [6.45, 7) is 2.87. The molecule has 0 aliphatic carbocycles. The average molecular weight is 284 g/mol. The molecule has 1 amide bonds. The average Bonchev–Trinajstić information content (AvgIpc) is 2.52. The van der Waals surface area contributed by atoms with Crippen molar-refractivity contribution >= 4 is 11.6 Å². The Morgan fingerprint density at radius 1 is 1.14 bits per heavy atom. The van der Waals surface area contributed by atoms with Crippen LogP contribution < -0.4 is 15.4 Å². The molecule has 0 radical (unpaired) electrons. The van der Waals surface area contributed by atoms with Crippen LogP contribution in [0.3, 0.4) is 0 Å².